The molecule has 28 heavy (non-hydrogen) atoms. The molecule has 2 rings (SSSR count). The number of benzene rings is 1. The predicted octanol–water partition coefficient (Wildman–Crippen LogP) is 5.40. The lowest BCUT2D eigenvalue weighted by molar-refractivity contribution is -0.385. The van der Waals surface area contributed by atoms with E-state index in [9.17, 15) is 19.7 Å². The quantitative estimate of drug-likeness (QED) is 0.304. The van der Waals surface area contributed by atoms with Crippen molar-refractivity contribution in [3.05, 3.63) is 45.6 Å². The van der Waals surface area contributed by atoms with Crippen LogP contribution in [0.3, 0.4) is 0 Å². The first kappa shape index (κ1) is 21.6. The predicted molar refractivity (Wildman–Crippen MR) is 107 cm³/mol. The summed E-state index contributed by atoms with van der Waals surface area (Å²) in [7, 11) is 0. The number of amides is 1. The number of hydrogen-bond donors (Lipinski definition) is 0. The first-order valence-corrected chi connectivity index (χ1v) is 9.94. The summed E-state index contributed by atoms with van der Waals surface area (Å²) in [6, 6.07) is 3.72. The molecule has 1 aliphatic heterocycles. The average Bonchev–Trinajstić information content (AvgIpc) is 2.69. The van der Waals surface area contributed by atoms with Crippen molar-refractivity contribution >= 4 is 23.6 Å². The standard InChI is InChI=1S/C21H28N2O5/c1-3-5-6-7-8-9-13-19(24)20-17-11-10-12-18(23(26)27)16(17)14-15-22(20)21(25)28-4-2/h10-12,14-15,20H,3-9,13H2,1-2H3. The Bertz CT molecular complexity index is 744. The number of hydrogen-bond acceptors (Lipinski definition) is 5. The molecule has 1 heterocycles. The van der Waals surface area contributed by atoms with Crippen molar-refractivity contribution in [2.75, 3.05) is 6.61 Å². The van der Waals surface area contributed by atoms with E-state index >= 15 is 0 Å². The Kier molecular flexibility index (Phi) is 8.17. The van der Waals surface area contributed by atoms with Crippen molar-refractivity contribution in [1.29, 1.82) is 0 Å². The Hall–Kier alpha value is -2.70. The summed E-state index contributed by atoms with van der Waals surface area (Å²) in [5.74, 6) is -0.130. The van der Waals surface area contributed by atoms with Crippen LogP contribution in [0.25, 0.3) is 6.08 Å². The lowest BCUT2D eigenvalue weighted by Crippen LogP contribution is -2.37. The Morgan fingerprint density at radius 3 is 2.54 bits per heavy atom. The molecular weight excluding hydrogens is 360 g/mol. The summed E-state index contributed by atoms with van der Waals surface area (Å²) in [5, 5.41) is 11.3. The normalized spacial score (nSPS) is 15.2. The first-order chi connectivity index (χ1) is 13.5. The Labute approximate surface area is 165 Å². The highest BCUT2D eigenvalue weighted by molar-refractivity contribution is 5.92. The number of ether oxygens (including phenoxy) is 1. The van der Waals surface area contributed by atoms with Crippen LogP contribution in [0, 0.1) is 10.1 Å². The fourth-order valence-corrected chi connectivity index (χ4v) is 3.45. The number of rotatable bonds is 10. The summed E-state index contributed by atoms with van der Waals surface area (Å²) in [5.41, 5.74) is 0.768. The van der Waals surface area contributed by atoms with Gasteiger partial charge in [0.2, 0.25) is 0 Å². The molecule has 0 fully saturated rings. The van der Waals surface area contributed by atoms with E-state index in [0.717, 1.165) is 32.1 Å². The van der Waals surface area contributed by atoms with Gasteiger partial charge in [-0.3, -0.25) is 19.8 Å². The maximum absolute atomic E-state index is 13.0. The van der Waals surface area contributed by atoms with E-state index in [0.29, 0.717) is 17.5 Å². The van der Waals surface area contributed by atoms with Gasteiger partial charge in [0.15, 0.2) is 5.78 Å². The smallest absolute Gasteiger partial charge is 0.414 e. The number of unbranched alkanes of at least 4 members (excludes halogenated alkanes) is 5. The van der Waals surface area contributed by atoms with Crippen molar-refractivity contribution in [2.24, 2.45) is 0 Å². The number of carbonyl (C=O) groups excluding carboxylic acids is 2. The first-order valence-electron chi connectivity index (χ1n) is 9.94. The summed E-state index contributed by atoms with van der Waals surface area (Å²) >= 11 is 0. The number of Topliss-reactive ketones (excluding diaryl/α,β-unsaturated/α-hetero) is 1. The summed E-state index contributed by atoms with van der Waals surface area (Å²) in [6.45, 7) is 4.03. The Morgan fingerprint density at radius 1 is 1.14 bits per heavy atom. The second-order valence-electron chi connectivity index (χ2n) is 6.85. The third kappa shape index (κ3) is 5.18. The molecule has 0 radical (unpaired) electrons. The molecule has 0 aromatic heterocycles. The van der Waals surface area contributed by atoms with Gasteiger partial charge < -0.3 is 4.74 Å². The van der Waals surface area contributed by atoms with Crippen LogP contribution in [0.4, 0.5) is 10.5 Å². The van der Waals surface area contributed by atoms with Gasteiger partial charge in [-0.25, -0.2) is 4.79 Å². The van der Waals surface area contributed by atoms with Gasteiger partial charge in [0.25, 0.3) is 5.69 Å². The molecule has 1 unspecified atom stereocenters. The number of ketones is 1. The molecule has 0 bridgehead atoms. The van der Waals surface area contributed by atoms with Gasteiger partial charge in [-0.1, -0.05) is 51.2 Å². The zero-order valence-corrected chi connectivity index (χ0v) is 16.6. The van der Waals surface area contributed by atoms with Gasteiger partial charge in [-0.05, 0) is 25.0 Å². The highest BCUT2D eigenvalue weighted by Crippen LogP contribution is 2.37. The number of nitro groups is 1. The molecule has 1 aromatic carbocycles. The van der Waals surface area contributed by atoms with Crippen LogP contribution in [0.5, 0.6) is 0 Å². The van der Waals surface area contributed by atoms with E-state index in [2.05, 4.69) is 6.92 Å². The highest BCUT2D eigenvalue weighted by Gasteiger charge is 2.36. The van der Waals surface area contributed by atoms with Crippen molar-refractivity contribution in [3.8, 4) is 0 Å². The fraction of sp³-hybridized carbons (Fsp3) is 0.524. The Balaban J connectivity index is 2.22. The van der Waals surface area contributed by atoms with Gasteiger partial charge in [0.1, 0.15) is 6.04 Å². The van der Waals surface area contributed by atoms with Crippen LogP contribution in [-0.4, -0.2) is 28.3 Å². The molecular formula is C21H28N2O5. The molecule has 0 N–H and O–H groups in total. The molecule has 0 aliphatic carbocycles. The topological polar surface area (TPSA) is 89.8 Å². The number of nitro benzene ring substituents is 1. The van der Waals surface area contributed by atoms with Crippen molar-refractivity contribution in [1.82, 2.24) is 4.90 Å². The van der Waals surface area contributed by atoms with Crippen LogP contribution < -0.4 is 0 Å². The van der Waals surface area contributed by atoms with Crippen LogP contribution >= 0.6 is 0 Å². The fourth-order valence-electron chi connectivity index (χ4n) is 3.45. The van der Waals surface area contributed by atoms with Crippen LogP contribution in [-0.2, 0) is 9.53 Å². The highest BCUT2D eigenvalue weighted by atomic mass is 16.6. The van der Waals surface area contributed by atoms with Crippen molar-refractivity contribution < 1.29 is 19.2 Å². The van der Waals surface area contributed by atoms with E-state index in [1.54, 1.807) is 19.1 Å². The van der Waals surface area contributed by atoms with Crippen LogP contribution in [0.1, 0.15) is 76.0 Å². The molecule has 0 saturated heterocycles. The second-order valence-corrected chi connectivity index (χ2v) is 6.85. The van der Waals surface area contributed by atoms with Gasteiger partial charge in [-0.2, -0.15) is 0 Å². The van der Waals surface area contributed by atoms with E-state index in [1.165, 1.54) is 29.7 Å². The molecule has 1 aromatic rings. The molecule has 7 nitrogen and oxygen atoms in total. The van der Waals surface area contributed by atoms with Gasteiger partial charge >= 0.3 is 6.09 Å². The third-order valence-electron chi connectivity index (χ3n) is 4.85. The minimum absolute atomic E-state index is 0.0744. The summed E-state index contributed by atoms with van der Waals surface area (Å²) < 4.78 is 5.07. The maximum Gasteiger partial charge on any atom is 0.414 e. The van der Waals surface area contributed by atoms with E-state index < -0.39 is 17.1 Å². The van der Waals surface area contributed by atoms with Gasteiger partial charge in [0.05, 0.1) is 17.1 Å². The third-order valence-corrected chi connectivity index (χ3v) is 4.85. The molecule has 0 spiro atoms. The minimum atomic E-state index is -0.894. The zero-order chi connectivity index (χ0) is 20.5. The number of carbonyl (C=O) groups is 2. The number of nitrogens with zero attached hydrogens (tertiary/aromatic N) is 2. The molecule has 1 amide bonds. The van der Waals surface area contributed by atoms with Crippen LogP contribution in [0.2, 0.25) is 0 Å². The Morgan fingerprint density at radius 2 is 1.86 bits per heavy atom. The van der Waals surface area contributed by atoms with Crippen molar-refractivity contribution in [2.45, 2.75) is 64.8 Å². The maximum atomic E-state index is 13.0. The summed E-state index contributed by atoms with van der Waals surface area (Å²) in [4.78, 5) is 37.5. The average molecular weight is 388 g/mol. The SMILES string of the molecule is CCCCCCCCC(=O)C1c2cccc([N+](=O)[O-])c2C=CN1C(=O)OCC. The summed E-state index contributed by atoms with van der Waals surface area (Å²) in [6.07, 6.45) is 8.89. The molecule has 0 saturated carbocycles. The molecule has 7 heteroatoms. The number of fused-ring (bicyclic) bond motifs is 1. The van der Waals surface area contributed by atoms with E-state index in [1.807, 2.05) is 0 Å². The van der Waals surface area contributed by atoms with Crippen molar-refractivity contribution in [3.63, 3.8) is 0 Å². The lowest BCUT2D eigenvalue weighted by atomic mass is 9.90. The van der Waals surface area contributed by atoms with Gasteiger partial charge in [0, 0.05) is 18.7 Å². The van der Waals surface area contributed by atoms with Gasteiger partial charge in [-0.15, -0.1) is 0 Å². The second kappa shape index (κ2) is 10.6. The zero-order valence-electron chi connectivity index (χ0n) is 16.6. The monoisotopic (exact) mass is 388 g/mol. The molecule has 1 aliphatic rings. The van der Waals surface area contributed by atoms with E-state index in [-0.39, 0.29) is 18.1 Å². The molecule has 152 valence electrons. The van der Waals surface area contributed by atoms with E-state index in [4.69, 9.17) is 4.74 Å². The minimum Gasteiger partial charge on any atom is -0.449 e. The largest absolute Gasteiger partial charge is 0.449 e. The molecule has 1 atom stereocenters. The van der Waals surface area contributed by atoms with Crippen LogP contribution in [0.15, 0.2) is 24.4 Å². The lowest BCUT2D eigenvalue weighted by Gasteiger charge is -2.31.